The Morgan fingerprint density at radius 3 is 2.45 bits per heavy atom. The van der Waals surface area contributed by atoms with Crippen molar-refractivity contribution in [2.45, 2.75) is 77.7 Å². The number of benzene rings is 1. The highest BCUT2D eigenvalue weighted by Gasteiger charge is 2.32. The fourth-order valence-corrected chi connectivity index (χ4v) is 6.72. The molecule has 1 aliphatic heterocycles. The number of ether oxygens (including phenoxy) is 2. The van der Waals surface area contributed by atoms with Crippen LogP contribution in [0.15, 0.2) is 39.2 Å². The molecule has 0 spiro atoms. The standard InChI is InChI=1S/C31H37Br3N4O5Si/c1-30(2,3)43-29(41)38-20-11-12-31(4,5)26-24(36-28(34)37-26)23(33)25(27(40)42-13-14-44(6,7)8)35-22(39)16-19(20)18-10-9-17(32)15-21(18)38/h9-12,15H,13-14,16H2,1-8H3,(H,35,39)(H,36,37)/b12-11-,25-23+. The zero-order valence-corrected chi connectivity index (χ0v) is 31.8. The van der Waals surface area contributed by atoms with Gasteiger partial charge in [-0.05, 0) is 82.4 Å². The van der Waals surface area contributed by atoms with Crippen LogP contribution < -0.4 is 5.32 Å². The monoisotopic (exact) mass is 810 g/mol. The normalized spacial score (nSPS) is 18.0. The van der Waals surface area contributed by atoms with E-state index in [4.69, 9.17) is 9.47 Å². The third-order valence-corrected chi connectivity index (χ3v) is 10.3. The number of halogens is 3. The average Bonchev–Trinajstić information content (AvgIpc) is 3.41. The van der Waals surface area contributed by atoms with Crippen molar-refractivity contribution < 1.29 is 23.9 Å². The Hall–Kier alpha value is -2.48. The van der Waals surface area contributed by atoms with Gasteiger partial charge in [-0.2, -0.15) is 0 Å². The Morgan fingerprint density at radius 1 is 1.14 bits per heavy atom. The number of amides is 1. The molecular weight excluding hydrogens is 776 g/mol. The molecule has 44 heavy (non-hydrogen) atoms. The first-order valence-electron chi connectivity index (χ1n) is 14.2. The first-order chi connectivity index (χ1) is 20.3. The minimum Gasteiger partial charge on any atom is -0.461 e. The van der Waals surface area contributed by atoms with Crippen molar-refractivity contribution >= 4 is 95.3 Å². The molecule has 236 valence electrons. The lowest BCUT2D eigenvalue weighted by molar-refractivity contribution is -0.140. The minimum absolute atomic E-state index is 0.0497. The van der Waals surface area contributed by atoms with Crippen molar-refractivity contribution in [2.24, 2.45) is 0 Å². The molecule has 0 atom stereocenters. The van der Waals surface area contributed by atoms with Crippen LogP contribution in [-0.2, 0) is 30.9 Å². The van der Waals surface area contributed by atoms with Gasteiger partial charge >= 0.3 is 12.1 Å². The summed E-state index contributed by atoms with van der Waals surface area (Å²) in [5.41, 5.74) is 1.30. The molecule has 9 nitrogen and oxygen atoms in total. The molecule has 0 radical (unpaired) electrons. The summed E-state index contributed by atoms with van der Waals surface area (Å²) in [6.45, 7) is 16.2. The molecule has 0 bridgehead atoms. The molecular formula is C31H37Br3N4O5Si. The number of H-pyrrole nitrogens is 1. The quantitative estimate of drug-likeness (QED) is 0.203. The van der Waals surface area contributed by atoms with E-state index in [1.54, 1.807) is 20.8 Å². The van der Waals surface area contributed by atoms with E-state index < -0.39 is 37.1 Å². The maximum atomic E-state index is 13.8. The van der Waals surface area contributed by atoms with Gasteiger partial charge in [-0.15, -0.1) is 0 Å². The summed E-state index contributed by atoms with van der Waals surface area (Å²) < 4.78 is 14.5. The molecule has 0 saturated carbocycles. The number of nitrogens with one attached hydrogen (secondary N) is 2. The molecule has 3 aromatic rings. The van der Waals surface area contributed by atoms with Crippen LogP contribution in [0.4, 0.5) is 4.79 Å². The number of allylic oxidation sites excluding steroid dienone is 1. The van der Waals surface area contributed by atoms with Crippen LogP contribution in [0.25, 0.3) is 21.5 Å². The summed E-state index contributed by atoms with van der Waals surface area (Å²) in [6, 6.07) is 6.31. The van der Waals surface area contributed by atoms with Gasteiger partial charge in [0.25, 0.3) is 0 Å². The van der Waals surface area contributed by atoms with Gasteiger partial charge in [0.1, 0.15) is 17.0 Å². The van der Waals surface area contributed by atoms with E-state index in [0.717, 1.165) is 10.5 Å². The topological polar surface area (TPSA) is 115 Å². The minimum atomic E-state index is -1.48. The van der Waals surface area contributed by atoms with Crippen LogP contribution in [-0.4, -0.2) is 52.8 Å². The van der Waals surface area contributed by atoms with Crippen LogP contribution in [0.5, 0.6) is 0 Å². The maximum absolute atomic E-state index is 13.8. The summed E-state index contributed by atoms with van der Waals surface area (Å²) in [4.78, 5) is 48.8. The molecule has 0 unspecified atom stereocenters. The summed E-state index contributed by atoms with van der Waals surface area (Å²) in [5, 5.41) is 3.51. The predicted octanol–water partition coefficient (Wildman–Crippen LogP) is 8.28. The van der Waals surface area contributed by atoms with Crippen LogP contribution in [0, 0.1) is 0 Å². The summed E-state index contributed by atoms with van der Waals surface area (Å²) >= 11 is 10.5. The number of fused-ring (bicyclic) bond motifs is 4. The van der Waals surface area contributed by atoms with Crippen molar-refractivity contribution in [3.8, 4) is 0 Å². The largest absolute Gasteiger partial charge is 0.461 e. The number of nitrogens with zero attached hydrogens (tertiary/aromatic N) is 2. The first-order valence-corrected chi connectivity index (χ1v) is 20.2. The third kappa shape index (κ3) is 7.83. The van der Waals surface area contributed by atoms with E-state index in [1.807, 2.05) is 44.2 Å². The number of aromatic nitrogens is 3. The molecule has 13 heteroatoms. The smallest absolute Gasteiger partial charge is 0.419 e. The van der Waals surface area contributed by atoms with E-state index in [0.29, 0.717) is 42.8 Å². The van der Waals surface area contributed by atoms with Gasteiger partial charge in [-0.3, -0.25) is 4.79 Å². The SMILES string of the molecule is CC(C)(C)OC(=O)n1c2c(c3ccc(Br)cc31)CC(=O)N/C(C(=O)OCC[Si](C)(C)C)=C(/Br)c1nc(Br)[nH]c1C(C)(C)/C=C\2. The lowest BCUT2D eigenvalue weighted by atomic mass is 9.86. The molecule has 4 rings (SSSR count). The van der Waals surface area contributed by atoms with Crippen LogP contribution in [0.1, 0.15) is 57.3 Å². The third-order valence-electron chi connectivity index (χ3n) is 6.95. The van der Waals surface area contributed by atoms with Crippen molar-refractivity contribution in [2.75, 3.05) is 6.61 Å². The first kappa shape index (κ1) is 34.4. The van der Waals surface area contributed by atoms with Gasteiger partial charge < -0.3 is 19.8 Å². The highest BCUT2D eigenvalue weighted by Crippen LogP contribution is 2.38. The Balaban J connectivity index is 1.95. The zero-order valence-electron chi connectivity index (χ0n) is 26.1. The lowest BCUT2D eigenvalue weighted by Gasteiger charge is -2.23. The molecule has 0 aliphatic carbocycles. The van der Waals surface area contributed by atoms with Gasteiger partial charge in [0.05, 0.1) is 34.4 Å². The number of aromatic amines is 1. The number of imidazole rings is 1. The fraction of sp³-hybridized carbons (Fsp3) is 0.419. The van der Waals surface area contributed by atoms with Gasteiger partial charge in [-0.1, -0.05) is 61.6 Å². The van der Waals surface area contributed by atoms with E-state index in [-0.39, 0.29) is 18.7 Å². The predicted molar refractivity (Wildman–Crippen MR) is 186 cm³/mol. The Morgan fingerprint density at radius 2 is 1.82 bits per heavy atom. The summed E-state index contributed by atoms with van der Waals surface area (Å²) in [7, 11) is -1.48. The Labute approximate surface area is 283 Å². The molecule has 1 amide bonds. The van der Waals surface area contributed by atoms with Gasteiger partial charge in [0.15, 0.2) is 4.73 Å². The molecule has 1 aromatic carbocycles. The highest BCUT2D eigenvalue weighted by molar-refractivity contribution is 9.15. The molecule has 2 aromatic heterocycles. The van der Waals surface area contributed by atoms with Gasteiger partial charge in [-0.25, -0.2) is 19.1 Å². The second-order valence-electron chi connectivity index (χ2n) is 13.5. The van der Waals surface area contributed by atoms with E-state index in [2.05, 4.69) is 82.7 Å². The van der Waals surface area contributed by atoms with Crippen molar-refractivity contribution in [3.05, 3.63) is 61.8 Å². The van der Waals surface area contributed by atoms with E-state index in [9.17, 15) is 14.4 Å². The highest BCUT2D eigenvalue weighted by atomic mass is 79.9. The van der Waals surface area contributed by atoms with E-state index in [1.165, 1.54) is 4.57 Å². The molecule has 0 fully saturated rings. The van der Waals surface area contributed by atoms with Crippen molar-refractivity contribution in [1.82, 2.24) is 19.9 Å². The Bertz CT molecular complexity index is 1710. The fourth-order valence-electron chi connectivity index (χ4n) is 4.73. The molecule has 3 heterocycles. The second-order valence-corrected chi connectivity index (χ2v) is 21.6. The number of rotatable bonds is 4. The summed E-state index contributed by atoms with van der Waals surface area (Å²) in [6.07, 6.45) is 3.08. The molecule has 1 aliphatic rings. The van der Waals surface area contributed by atoms with Crippen molar-refractivity contribution in [3.63, 3.8) is 0 Å². The molecule has 2 N–H and O–H groups in total. The number of carbonyl (C=O) groups is 3. The van der Waals surface area contributed by atoms with Gasteiger partial charge in [0, 0.05) is 23.3 Å². The maximum Gasteiger partial charge on any atom is 0.419 e. The number of hydrogen-bond acceptors (Lipinski definition) is 6. The average molecular weight is 813 g/mol. The Kier molecular flexibility index (Phi) is 9.95. The van der Waals surface area contributed by atoms with Crippen LogP contribution in [0.2, 0.25) is 25.7 Å². The summed E-state index contributed by atoms with van der Waals surface area (Å²) in [5.74, 6) is -1.13. The number of esters is 1. The number of hydrogen-bond donors (Lipinski definition) is 2. The second kappa shape index (κ2) is 12.7. The van der Waals surface area contributed by atoms with E-state index >= 15 is 0 Å². The molecule has 0 saturated heterocycles. The number of carbonyl (C=O) groups excluding carboxylic acids is 3. The van der Waals surface area contributed by atoms with Crippen LogP contribution in [0.3, 0.4) is 0 Å². The zero-order chi connectivity index (χ0) is 32.8. The lowest BCUT2D eigenvalue weighted by Crippen LogP contribution is -2.32. The van der Waals surface area contributed by atoms with Gasteiger partial charge in [0.2, 0.25) is 5.91 Å². The van der Waals surface area contributed by atoms with Crippen LogP contribution >= 0.6 is 47.8 Å². The van der Waals surface area contributed by atoms with Crippen molar-refractivity contribution in [1.29, 1.82) is 0 Å².